The zero-order valence-electron chi connectivity index (χ0n) is 14.6. The molecule has 0 spiro atoms. The van der Waals surface area contributed by atoms with E-state index in [4.69, 9.17) is 0 Å². The first-order chi connectivity index (χ1) is 13.3. The third-order valence-corrected chi connectivity index (χ3v) is 4.60. The molecule has 5 heteroatoms. The summed E-state index contributed by atoms with van der Waals surface area (Å²) in [5.74, 6) is 0.783. The van der Waals surface area contributed by atoms with Crippen LogP contribution in [-0.4, -0.2) is 21.2 Å². The second kappa shape index (κ2) is 6.53. The molecule has 2 aromatic heterocycles. The molecule has 130 valence electrons. The number of rotatable bonds is 4. The Morgan fingerprint density at radius 2 is 1.89 bits per heavy atom. The Balaban J connectivity index is 1.46. The quantitative estimate of drug-likeness (QED) is 0.555. The first kappa shape index (κ1) is 15.5. The molecule has 0 unspecified atom stereocenters. The van der Waals surface area contributed by atoms with Crippen LogP contribution in [0.2, 0.25) is 0 Å². The molecule has 5 nitrogen and oxygen atoms in total. The maximum absolute atomic E-state index is 4.43. The average molecular weight is 351 g/mol. The van der Waals surface area contributed by atoms with Gasteiger partial charge in [-0.15, -0.1) is 0 Å². The van der Waals surface area contributed by atoms with Crippen molar-refractivity contribution in [3.8, 4) is 0 Å². The molecule has 3 heterocycles. The molecule has 0 radical (unpaired) electrons. The number of anilines is 2. The highest BCUT2D eigenvalue weighted by atomic mass is 15.0. The zero-order valence-corrected chi connectivity index (χ0v) is 14.6. The summed E-state index contributed by atoms with van der Waals surface area (Å²) in [6.07, 6.45) is 7.61. The Bertz CT molecular complexity index is 1170. The molecule has 0 atom stereocenters. The highest BCUT2D eigenvalue weighted by Crippen LogP contribution is 2.26. The molecular weight excluding hydrogens is 334 g/mol. The van der Waals surface area contributed by atoms with Gasteiger partial charge in [0.1, 0.15) is 17.8 Å². The summed E-state index contributed by atoms with van der Waals surface area (Å²) in [7, 11) is 0. The molecule has 2 aromatic carbocycles. The first-order valence-electron chi connectivity index (χ1n) is 8.82. The lowest BCUT2D eigenvalue weighted by molar-refractivity contribution is 1.11. The Labute approximate surface area is 156 Å². The summed E-state index contributed by atoms with van der Waals surface area (Å²) in [6.45, 7) is 0.766. The minimum Gasteiger partial charge on any atom is -0.340 e. The lowest BCUT2D eigenvalue weighted by Gasteiger charge is -2.07. The molecular formula is C22H17N5. The monoisotopic (exact) mass is 351 g/mol. The van der Waals surface area contributed by atoms with Crippen LogP contribution in [0.4, 0.5) is 11.5 Å². The maximum Gasteiger partial charge on any atom is 0.143 e. The normalized spacial score (nSPS) is 12.7. The molecule has 4 aromatic rings. The zero-order chi connectivity index (χ0) is 18.1. The Morgan fingerprint density at radius 1 is 0.963 bits per heavy atom. The fourth-order valence-electron chi connectivity index (χ4n) is 3.22. The number of nitrogens with zero attached hydrogens (tertiary/aromatic N) is 3. The molecule has 27 heavy (non-hydrogen) atoms. The van der Waals surface area contributed by atoms with Gasteiger partial charge >= 0.3 is 0 Å². The van der Waals surface area contributed by atoms with Gasteiger partial charge in [-0.1, -0.05) is 42.5 Å². The van der Waals surface area contributed by atoms with Gasteiger partial charge in [0.05, 0.1) is 11.9 Å². The number of aromatic nitrogens is 3. The van der Waals surface area contributed by atoms with Crippen LogP contribution < -0.4 is 5.32 Å². The van der Waals surface area contributed by atoms with Crippen molar-refractivity contribution in [1.29, 1.82) is 0 Å². The van der Waals surface area contributed by atoms with E-state index in [1.54, 1.807) is 6.33 Å². The summed E-state index contributed by atoms with van der Waals surface area (Å²) in [4.78, 5) is 16.4. The molecule has 5 rings (SSSR count). The smallest absolute Gasteiger partial charge is 0.143 e. The number of fused-ring (bicyclic) bond motifs is 2. The van der Waals surface area contributed by atoms with Crippen LogP contribution in [-0.2, 0) is 6.54 Å². The second-order valence-electron chi connectivity index (χ2n) is 6.46. The van der Waals surface area contributed by atoms with Crippen LogP contribution in [0.15, 0.2) is 65.9 Å². The highest BCUT2D eigenvalue weighted by molar-refractivity contribution is 5.92. The Kier molecular flexibility index (Phi) is 3.76. The standard InChI is InChI=1S/C22H17N5/c1-2-4-15(5-3-1)6-8-19-11-20-21(24-14-25-22(20)27-19)26-18-9-7-16-12-23-13-17(16)10-18/h1-11,13-14H,12H2,(H2,24,25,26,27)/b8-6+. The largest absolute Gasteiger partial charge is 0.340 e. The number of aliphatic imine (C=N–C) groups is 1. The van der Waals surface area contributed by atoms with Crippen LogP contribution in [0.1, 0.15) is 22.4 Å². The number of benzene rings is 2. The van der Waals surface area contributed by atoms with Gasteiger partial charge < -0.3 is 10.3 Å². The number of H-pyrrole nitrogens is 1. The summed E-state index contributed by atoms with van der Waals surface area (Å²) in [5.41, 5.74) is 6.35. The lowest BCUT2D eigenvalue weighted by Crippen LogP contribution is -1.96. The summed E-state index contributed by atoms with van der Waals surface area (Å²) < 4.78 is 0. The number of hydrogen-bond acceptors (Lipinski definition) is 4. The topological polar surface area (TPSA) is 66.0 Å². The van der Waals surface area contributed by atoms with Crippen LogP contribution >= 0.6 is 0 Å². The van der Waals surface area contributed by atoms with Crippen molar-refractivity contribution < 1.29 is 0 Å². The van der Waals surface area contributed by atoms with E-state index in [1.807, 2.05) is 30.5 Å². The van der Waals surface area contributed by atoms with E-state index in [-0.39, 0.29) is 0 Å². The molecule has 1 aliphatic heterocycles. The molecule has 1 aliphatic rings. The number of nitrogens with one attached hydrogen (secondary N) is 2. The molecule has 0 amide bonds. The second-order valence-corrected chi connectivity index (χ2v) is 6.46. The lowest BCUT2D eigenvalue weighted by atomic mass is 10.1. The van der Waals surface area contributed by atoms with Crippen molar-refractivity contribution in [3.05, 3.63) is 83.3 Å². The van der Waals surface area contributed by atoms with Crippen molar-refractivity contribution in [2.24, 2.45) is 4.99 Å². The predicted octanol–water partition coefficient (Wildman–Crippen LogP) is 4.80. The third kappa shape index (κ3) is 3.11. The summed E-state index contributed by atoms with van der Waals surface area (Å²) in [6, 6.07) is 18.5. The fourth-order valence-corrected chi connectivity index (χ4v) is 3.22. The number of aromatic amines is 1. The fraction of sp³-hybridized carbons (Fsp3) is 0.0455. The summed E-state index contributed by atoms with van der Waals surface area (Å²) >= 11 is 0. The van der Waals surface area contributed by atoms with E-state index in [0.717, 1.165) is 45.9 Å². The molecule has 0 fully saturated rings. The molecule has 2 N–H and O–H groups in total. The van der Waals surface area contributed by atoms with Gasteiger partial charge in [-0.25, -0.2) is 9.97 Å². The van der Waals surface area contributed by atoms with Gasteiger partial charge in [0.15, 0.2) is 0 Å². The minimum atomic E-state index is 0.766. The predicted molar refractivity (Wildman–Crippen MR) is 110 cm³/mol. The van der Waals surface area contributed by atoms with Crippen molar-refractivity contribution in [2.75, 3.05) is 5.32 Å². The van der Waals surface area contributed by atoms with E-state index >= 15 is 0 Å². The summed E-state index contributed by atoms with van der Waals surface area (Å²) in [5, 5.41) is 4.36. The van der Waals surface area contributed by atoms with Crippen LogP contribution in [0.5, 0.6) is 0 Å². The van der Waals surface area contributed by atoms with Gasteiger partial charge in [-0.3, -0.25) is 4.99 Å². The van der Waals surface area contributed by atoms with Gasteiger partial charge in [0.2, 0.25) is 0 Å². The molecule has 0 saturated carbocycles. The van der Waals surface area contributed by atoms with Crippen LogP contribution in [0.25, 0.3) is 23.2 Å². The first-order valence-corrected chi connectivity index (χ1v) is 8.82. The van der Waals surface area contributed by atoms with Gasteiger partial charge in [-0.05, 0) is 41.0 Å². The van der Waals surface area contributed by atoms with Gasteiger partial charge in [0.25, 0.3) is 0 Å². The highest BCUT2D eigenvalue weighted by Gasteiger charge is 2.10. The molecule has 0 aliphatic carbocycles. The Hall–Kier alpha value is -3.73. The van der Waals surface area contributed by atoms with Crippen LogP contribution in [0, 0.1) is 0 Å². The van der Waals surface area contributed by atoms with Crippen molar-refractivity contribution in [1.82, 2.24) is 15.0 Å². The molecule has 0 bridgehead atoms. The van der Waals surface area contributed by atoms with E-state index in [1.165, 1.54) is 5.56 Å². The number of hydrogen-bond donors (Lipinski definition) is 2. The van der Waals surface area contributed by atoms with Crippen molar-refractivity contribution in [2.45, 2.75) is 6.54 Å². The SMILES string of the molecule is C1=NCc2ccc(Nc3ncnc4[nH]c(/C=C/c5ccccc5)cc34)cc21. The average Bonchev–Trinajstić information content (AvgIpc) is 3.34. The third-order valence-electron chi connectivity index (χ3n) is 4.60. The van der Waals surface area contributed by atoms with Gasteiger partial charge in [-0.2, -0.15) is 0 Å². The van der Waals surface area contributed by atoms with E-state index in [2.05, 4.69) is 67.7 Å². The van der Waals surface area contributed by atoms with Crippen molar-refractivity contribution >= 4 is 40.9 Å². The van der Waals surface area contributed by atoms with E-state index in [0.29, 0.717) is 0 Å². The minimum absolute atomic E-state index is 0.766. The van der Waals surface area contributed by atoms with Crippen molar-refractivity contribution in [3.63, 3.8) is 0 Å². The van der Waals surface area contributed by atoms with Gasteiger partial charge in [0, 0.05) is 17.6 Å². The van der Waals surface area contributed by atoms with E-state index < -0.39 is 0 Å². The maximum atomic E-state index is 4.43. The molecule has 0 saturated heterocycles. The Morgan fingerprint density at radius 3 is 2.81 bits per heavy atom. The van der Waals surface area contributed by atoms with E-state index in [9.17, 15) is 0 Å². The van der Waals surface area contributed by atoms with Crippen LogP contribution in [0.3, 0.4) is 0 Å².